The molecular formula is C16H26N2OS. The highest BCUT2D eigenvalue weighted by atomic mass is 32.2. The second kappa shape index (κ2) is 7.11. The molecule has 20 heavy (non-hydrogen) atoms. The molecule has 0 radical (unpaired) electrons. The SMILES string of the molecule is Cc1cccnc1[C@@H](NC(=O)CSC(C)(C)C)C(C)C. The summed E-state index contributed by atoms with van der Waals surface area (Å²) in [5.74, 6) is 0.874. The molecule has 0 spiro atoms. The lowest BCUT2D eigenvalue weighted by Gasteiger charge is -2.24. The minimum atomic E-state index is -0.0238. The van der Waals surface area contributed by atoms with Crippen LogP contribution in [-0.2, 0) is 4.79 Å². The van der Waals surface area contributed by atoms with Gasteiger partial charge < -0.3 is 5.32 Å². The fourth-order valence-corrected chi connectivity index (χ4v) is 2.52. The van der Waals surface area contributed by atoms with Gasteiger partial charge in [-0.05, 0) is 24.5 Å². The monoisotopic (exact) mass is 294 g/mol. The average molecular weight is 294 g/mol. The lowest BCUT2D eigenvalue weighted by molar-refractivity contribution is -0.119. The zero-order valence-corrected chi connectivity index (χ0v) is 14.2. The van der Waals surface area contributed by atoms with Gasteiger partial charge in [0, 0.05) is 10.9 Å². The van der Waals surface area contributed by atoms with E-state index in [2.05, 4.69) is 44.9 Å². The van der Waals surface area contributed by atoms with Crippen LogP contribution in [0, 0.1) is 12.8 Å². The van der Waals surface area contributed by atoms with Crippen LogP contribution in [0.25, 0.3) is 0 Å². The second-order valence-electron chi connectivity index (χ2n) is 6.40. The number of rotatable bonds is 5. The first-order valence-corrected chi connectivity index (χ1v) is 8.04. The van der Waals surface area contributed by atoms with Gasteiger partial charge in [0.15, 0.2) is 0 Å². The molecule has 4 heteroatoms. The number of nitrogens with zero attached hydrogens (tertiary/aromatic N) is 1. The molecule has 0 saturated carbocycles. The summed E-state index contributed by atoms with van der Waals surface area (Å²) in [5.41, 5.74) is 2.09. The molecule has 1 rings (SSSR count). The Labute approximate surface area is 126 Å². The maximum Gasteiger partial charge on any atom is 0.230 e. The van der Waals surface area contributed by atoms with Gasteiger partial charge >= 0.3 is 0 Å². The zero-order valence-electron chi connectivity index (χ0n) is 13.4. The van der Waals surface area contributed by atoms with Gasteiger partial charge in [0.2, 0.25) is 5.91 Å². The lowest BCUT2D eigenvalue weighted by atomic mass is 9.97. The number of nitrogens with one attached hydrogen (secondary N) is 1. The smallest absolute Gasteiger partial charge is 0.230 e. The van der Waals surface area contributed by atoms with Crippen LogP contribution in [0.15, 0.2) is 18.3 Å². The van der Waals surface area contributed by atoms with Crippen LogP contribution in [0.4, 0.5) is 0 Å². The van der Waals surface area contributed by atoms with Gasteiger partial charge in [-0.1, -0.05) is 40.7 Å². The van der Waals surface area contributed by atoms with Crippen LogP contribution < -0.4 is 5.32 Å². The number of amides is 1. The molecule has 1 N–H and O–H groups in total. The van der Waals surface area contributed by atoms with Crippen molar-refractivity contribution in [2.24, 2.45) is 5.92 Å². The number of carbonyl (C=O) groups is 1. The molecule has 1 aromatic rings. The highest BCUT2D eigenvalue weighted by molar-refractivity contribution is 8.01. The Morgan fingerprint density at radius 1 is 1.40 bits per heavy atom. The van der Waals surface area contributed by atoms with E-state index in [1.807, 2.05) is 19.1 Å². The summed E-state index contributed by atoms with van der Waals surface area (Å²) < 4.78 is 0.103. The summed E-state index contributed by atoms with van der Waals surface area (Å²) >= 11 is 1.66. The molecule has 1 aromatic heterocycles. The Morgan fingerprint density at radius 2 is 2.05 bits per heavy atom. The zero-order chi connectivity index (χ0) is 15.3. The van der Waals surface area contributed by atoms with E-state index in [9.17, 15) is 4.79 Å². The lowest BCUT2D eigenvalue weighted by Crippen LogP contribution is -2.34. The number of aromatic nitrogens is 1. The third kappa shape index (κ3) is 5.53. The summed E-state index contributed by atoms with van der Waals surface area (Å²) in [4.78, 5) is 16.6. The van der Waals surface area contributed by atoms with Crippen molar-refractivity contribution in [1.29, 1.82) is 0 Å². The van der Waals surface area contributed by atoms with Crippen LogP contribution in [0.5, 0.6) is 0 Å². The molecular weight excluding hydrogens is 268 g/mol. The Hall–Kier alpha value is -1.03. The van der Waals surface area contributed by atoms with Crippen LogP contribution in [0.1, 0.15) is 51.9 Å². The van der Waals surface area contributed by atoms with E-state index in [1.54, 1.807) is 18.0 Å². The van der Waals surface area contributed by atoms with Crippen molar-refractivity contribution in [3.63, 3.8) is 0 Å². The number of pyridine rings is 1. The van der Waals surface area contributed by atoms with E-state index >= 15 is 0 Å². The summed E-state index contributed by atoms with van der Waals surface area (Å²) in [7, 11) is 0. The largest absolute Gasteiger partial charge is 0.347 e. The Morgan fingerprint density at radius 3 is 2.55 bits per heavy atom. The number of aryl methyl sites for hydroxylation is 1. The van der Waals surface area contributed by atoms with Gasteiger partial charge in [-0.3, -0.25) is 9.78 Å². The Kier molecular flexibility index (Phi) is 6.06. The van der Waals surface area contributed by atoms with Crippen LogP contribution in [0.3, 0.4) is 0 Å². The highest BCUT2D eigenvalue weighted by Crippen LogP contribution is 2.25. The van der Waals surface area contributed by atoms with E-state index in [-0.39, 0.29) is 16.7 Å². The van der Waals surface area contributed by atoms with Crippen molar-refractivity contribution in [3.8, 4) is 0 Å². The fraction of sp³-hybridized carbons (Fsp3) is 0.625. The Balaban J connectivity index is 2.74. The van der Waals surface area contributed by atoms with Crippen molar-refractivity contribution in [1.82, 2.24) is 10.3 Å². The van der Waals surface area contributed by atoms with Crippen LogP contribution in [0.2, 0.25) is 0 Å². The van der Waals surface area contributed by atoms with E-state index in [0.717, 1.165) is 11.3 Å². The predicted octanol–water partition coefficient (Wildman–Crippen LogP) is 3.74. The summed E-state index contributed by atoms with van der Waals surface area (Å²) in [6.45, 7) is 12.6. The van der Waals surface area contributed by atoms with Crippen molar-refractivity contribution >= 4 is 17.7 Å². The maximum absolute atomic E-state index is 12.1. The highest BCUT2D eigenvalue weighted by Gasteiger charge is 2.22. The quantitative estimate of drug-likeness (QED) is 0.899. The van der Waals surface area contributed by atoms with Gasteiger partial charge in [0.1, 0.15) is 0 Å². The number of hydrogen-bond donors (Lipinski definition) is 1. The first-order chi connectivity index (χ1) is 9.20. The van der Waals surface area contributed by atoms with Crippen molar-refractivity contribution in [3.05, 3.63) is 29.6 Å². The first kappa shape index (κ1) is 17.0. The van der Waals surface area contributed by atoms with Crippen molar-refractivity contribution < 1.29 is 4.79 Å². The molecule has 1 atom stereocenters. The van der Waals surface area contributed by atoms with Crippen LogP contribution in [-0.4, -0.2) is 21.4 Å². The molecule has 0 saturated heterocycles. The summed E-state index contributed by atoms with van der Waals surface area (Å²) in [5, 5.41) is 3.12. The van der Waals surface area contributed by atoms with Gasteiger partial charge in [-0.2, -0.15) is 0 Å². The van der Waals surface area contributed by atoms with E-state index < -0.39 is 0 Å². The predicted molar refractivity (Wildman–Crippen MR) is 86.9 cm³/mol. The average Bonchev–Trinajstić information content (AvgIpc) is 2.33. The fourth-order valence-electron chi connectivity index (χ4n) is 1.87. The molecule has 0 fully saturated rings. The number of hydrogen-bond acceptors (Lipinski definition) is 3. The third-order valence-electron chi connectivity index (χ3n) is 2.96. The number of thioether (sulfide) groups is 1. The maximum atomic E-state index is 12.1. The normalized spacial score (nSPS) is 13.3. The molecule has 112 valence electrons. The van der Waals surface area contributed by atoms with Crippen molar-refractivity contribution in [2.45, 2.75) is 52.3 Å². The molecule has 3 nitrogen and oxygen atoms in total. The summed E-state index contributed by atoms with van der Waals surface area (Å²) in [6.07, 6.45) is 1.79. The molecule has 0 unspecified atom stereocenters. The first-order valence-electron chi connectivity index (χ1n) is 7.05. The minimum Gasteiger partial charge on any atom is -0.347 e. The summed E-state index contributed by atoms with van der Waals surface area (Å²) in [6, 6.07) is 3.94. The molecule has 0 aromatic carbocycles. The van der Waals surface area contributed by atoms with E-state index in [4.69, 9.17) is 0 Å². The van der Waals surface area contributed by atoms with Gasteiger partial charge in [-0.25, -0.2) is 0 Å². The van der Waals surface area contributed by atoms with Gasteiger partial charge in [-0.15, -0.1) is 11.8 Å². The number of carbonyl (C=O) groups excluding carboxylic acids is 1. The molecule has 1 heterocycles. The topological polar surface area (TPSA) is 42.0 Å². The van der Waals surface area contributed by atoms with E-state index in [0.29, 0.717) is 11.7 Å². The van der Waals surface area contributed by atoms with Gasteiger partial charge in [0.05, 0.1) is 17.5 Å². The van der Waals surface area contributed by atoms with Gasteiger partial charge in [0.25, 0.3) is 0 Å². The van der Waals surface area contributed by atoms with Crippen molar-refractivity contribution in [2.75, 3.05) is 5.75 Å². The Bertz CT molecular complexity index is 452. The molecule has 0 aliphatic rings. The minimum absolute atomic E-state index is 0.0238. The molecule has 0 bridgehead atoms. The second-order valence-corrected chi connectivity index (χ2v) is 8.20. The molecule has 0 aliphatic heterocycles. The molecule has 1 amide bonds. The molecule has 0 aliphatic carbocycles. The van der Waals surface area contributed by atoms with Crippen LogP contribution >= 0.6 is 11.8 Å². The van der Waals surface area contributed by atoms with E-state index in [1.165, 1.54) is 0 Å². The third-order valence-corrected chi connectivity index (χ3v) is 4.24. The standard InChI is InChI=1S/C16H26N2OS/c1-11(2)14(15-12(3)8-7-9-17-15)18-13(19)10-20-16(4,5)6/h7-9,11,14H,10H2,1-6H3,(H,18,19)/t14-/m0/s1.